The number of hydrogen-bond donors (Lipinski definition) is 1. The van der Waals surface area contributed by atoms with Crippen molar-refractivity contribution in [3.63, 3.8) is 0 Å². The van der Waals surface area contributed by atoms with Crippen LogP contribution in [0.5, 0.6) is 0 Å². The minimum atomic E-state index is 0.556. The summed E-state index contributed by atoms with van der Waals surface area (Å²) < 4.78 is 3.11. The molecule has 4 heteroatoms. The van der Waals surface area contributed by atoms with Gasteiger partial charge in [0.15, 0.2) is 0 Å². The standard InChI is InChI=1S/C12H14BrN3/c1-8-9(2)16(7-15-8)12-4-3-10(6-14)5-11(12)13/h3-5,7H,6,14H2,1-2H3. The molecule has 0 atom stereocenters. The Morgan fingerprint density at radius 3 is 2.62 bits per heavy atom. The fourth-order valence-corrected chi connectivity index (χ4v) is 2.23. The number of benzene rings is 1. The Bertz CT molecular complexity index is 517. The number of rotatable bonds is 2. The fourth-order valence-electron chi connectivity index (χ4n) is 1.61. The number of aryl methyl sites for hydroxylation is 1. The Morgan fingerprint density at radius 1 is 1.38 bits per heavy atom. The third-order valence-corrected chi connectivity index (χ3v) is 3.39. The number of halogens is 1. The zero-order chi connectivity index (χ0) is 11.7. The lowest BCUT2D eigenvalue weighted by atomic mass is 10.2. The molecule has 0 saturated carbocycles. The predicted octanol–water partition coefficient (Wildman–Crippen LogP) is 2.71. The van der Waals surface area contributed by atoms with Gasteiger partial charge in [-0.1, -0.05) is 6.07 Å². The fraction of sp³-hybridized carbons (Fsp3) is 0.250. The van der Waals surface area contributed by atoms with Gasteiger partial charge in [-0.05, 0) is 47.5 Å². The van der Waals surface area contributed by atoms with Crippen LogP contribution >= 0.6 is 15.9 Å². The highest BCUT2D eigenvalue weighted by Gasteiger charge is 2.07. The summed E-state index contributed by atoms with van der Waals surface area (Å²) in [7, 11) is 0. The maximum Gasteiger partial charge on any atom is 0.0997 e. The van der Waals surface area contributed by atoms with Crippen LogP contribution in [0.2, 0.25) is 0 Å². The van der Waals surface area contributed by atoms with Crippen LogP contribution in [0.1, 0.15) is 17.0 Å². The number of imidazole rings is 1. The third kappa shape index (κ3) is 1.90. The molecule has 0 aliphatic carbocycles. The summed E-state index contributed by atoms with van der Waals surface area (Å²) in [5, 5.41) is 0. The van der Waals surface area contributed by atoms with E-state index in [9.17, 15) is 0 Å². The molecule has 0 bridgehead atoms. The molecular weight excluding hydrogens is 266 g/mol. The van der Waals surface area contributed by atoms with Crippen molar-refractivity contribution < 1.29 is 0 Å². The van der Waals surface area contributed by atoms with Crippen LogP contribution in [0.25, 0.3) is 5.69 Å². The van der Waals surface area contributed by atoms with Crippen molar-refractivity contribution in [1.82, 2.24) is 9.55 Å². The van der Waals surface area contributed by atoms with Crippen LogP contribution in [0.3, 0.4) is 0 Å². The van der Waals surface area contributed by atoms with Crippen molar-refractivity contribution >= 4 is 15.9 Å². The van der Waals surface area contributed by atoms with E-state index in [1.165, 1.54) is 0 Å². The lowest BCUT2D eigenvalue weighted by molar-refractivity contribution is 0.985. The first-order valence-corrected chi connectivity index (χ1v) is 5.92. The van der Waals surface area contributed by atoms with Gasteiger partial charge in [0.05, 0.1) is 17.7 Å². The first kappa shape index (κ1) is 11.4. The lowest BCUT2D eigenvalue weighted by Crippen LogP contribution is -2.00. The Hall–Kier alpha value is -1.13. The number of nitrogens with zero attached hydrogens (tertiary/aromatic N) is 2. The maximum atomic E-state index is 5.60. The second kappa shape index (κ2) is 4.39. The zero-order valence-corrected chi connectivity index (χ0v) is 11.0. The van der Waals surface area contributed by atoms with Crippen molar-refractivity contribution in [2.24, 2.45) is 5.73 Å². The highest BCUT2D eigenvalue weighted by atomic mass is 79.9. The van der Waals surface area contributed by atoms with Gasteiger partial charge in [-0.15, -0.1) is 0 Å². The zero-order valence-electron chi connectivity index (χ0n) is 9.37. The molecule has 2 rings (SSSR count). The first-order valence-electron chi connectivity index (χ1n) is 5.13. The van der Waals surface area contributed by atoms with Crippen LogP contribution in [0.15, 0.2) is 29.0 Å². The van der Waals surface area contributed by atoms with Gasteiger partial charge in [-0.25, -0.2) is 4.98 Å². The van der Waals surface area contributed by atoms with Gasteiger partial charge in [0.1, 0.15) is 0 Å². The molecule has 0 unspecified atom stereocenters. The Labute approximate surface area is 103 Å². The van der Waals surface area contributed by atoms with E-state index in [2.05, 4.69) is 38.5 Å². The van der Waals surface area contributed by atoms with Gasteiger partial charge in [-0.3, -0.25) is 0 Å². The minimum absolute atomic E-state index is 0.556. The average molecular weight is 280 g/mol. The molecule has 0 amide bonds. The molecule has 0 saturated heterocycles. The summed E-state index contributed by atoms with van der Waals surface area (Å²) in [4.78, 5) is 4.29. The Balaban J connectivity index is 2.52. The van der Waals surface area contributed by atoms with E-state index in [-0.39, 0.29) is 0 Å². The van der Waals surface area contributed by atoms with Gasteiger partial charge in [0.2, 0.25) is 0 Å². The quantitative estimate of drug-likeness (QED) is 0.919. The molecule has 0 fully saturated rings. The second-order valence-corrected chi connectivity index (χ2v) is 4.63. The van der Waals surface area contributed by atoms with Gasteiger partial charge >= 0.3 is 0 Å². The summed E-state index contributed by atoms with van der Waals surface area (Å²) in [5.74, 6) is 0. The summed E-state index contributed by atoms with van der Waals surface area (Å²) in [6, 6.07) is 6.14. The molecule has 0 radical (unpaired) electrons. The van der Waals surface area contributed by atoms with E-state index < -0.39 is 0 Å². The molecule has 0 spiro atoms. The summed E-state index contributed by atoms with van der Waals surface area (Å²) >= 11 is 3.56. The van der Waals surface area contributed by atoms with Crippen molar-refractivity contribution in [2.45, 2.75) is 20.4 Å². The van der Waals surface area contributed by atoms with Crippen molar-refractivity contribution in [1.29, 1.82) is 0 Å². The van der Waals surface area contributed by atoms with Crippen molar-refractivity contribution in [3.8, 4) is 5.69 Å². The van der Waals surface area contributed by atoms with Gasteiger partial charge < -0.3 is 10.3 Å². The normalized spacial score (nSPS) is 10.8. The molecule has 0 aliphatic heterocycles. The van der Waals surface area contributed by atoms with E-state index in [0.29, 0.717) is 6.54 Å². The van der Waals surface area contributed by atoms with E-state index in [4.69, 9.17) is 5.73 Å². The maximum absolute atomic E-state index is 5.60. The van der Waals surface area contributed by atoms with E-state index in [1.807, 2.05) is 25.4 Å². The number of nitrogens with two attached hydrogens (primary N) is 1. The average Bonchev–Trinajstić information content (AvgIpc) is 2.60. The molecule has 2 N–H and O–H groups in total. The first-order chi connectivity index (χ1) is 7.63. The van der Waals surface area contributed by atoms with E-state index >= 15 is 0 Å². The van der Waals surface area contributed by atoms with Crippen molar-refractivity contribution in [2.75, 3.05) is 0 Å². The molecule has 1 aromatic heterocycles. The van der Waals surface area contributed by atoms with E-state index in [1.54, 1.807) is 0 Å². The predicted molar refractivity (Wildman–Crippen MR) is 68.6 cm³/mol. The van der Waals surface area contributed by atoms with Gasteiger partial charge in [-0.2, -0.15) is 0 Å². The van der Waals surface area contributed by atoms with Gasteiger partial charge in [0, 0.05) is 16.7 Å². The molecule has 0 aliphatic rings. The van der Waals surface area contributed by atoms with Crippen LogP contribution in [0.4, 0.5) is 0 Å². The van der Waals surface area contributed by atoms with Gasteiger partial charge in [0.25, 0.3) is 0 Å². The lowest BCUT2D eigenvalue weighted by Gasteiger charge is -2.09. The molecule has 84 valence electrons. The summed E-state index contributed by atoms with van der Waals surface area (Å²) in [5.41, 5.74) is 10.0. The highest BCUT2D eigenvalue weighted by molar-refractivity contribution is 9.10. The summed E-state index contributed by atoms with van der Waals surface area (Å²) in [6.07, 6.45) is 1.84. The molecule has 1 aromatic carbocycles. The van der Waals surface area contributed by atoms with Crippen molar-refractivity contribution in [3.05, 3.63) is 46.0 Å². The largest absolute Gasteiger partial charge is 0.326 e. The Morgan fingerprint density at radius 2 is 2.12 bits per heavy atom. The number of hydrogen-bond acceptors (Lipinski definition) is 2. The summed E-state index contributed by atoms with van der Waals surface area (Å²) in [6.45, 7) is 4.63. The third-order valence-electron chi connectivity index (χ3n) is 2.76. The minimum Gasteiger partial charge on any atom is -0.326 e. The Kier molecular flexibility index (Phi) is 3.12. The molecular formula is C12H14BrN3. The molecule has 3 nitrogen and oxygen atoms in total. The molecule has 2 aromatic rings. The van der Waals surface area contributed by atoms with Crippen LogP contribution < -0.4 is 5.73 Å². The monoisotopic (exact) mass is 279 g/mol. The number of aromatic nitrogens is 2. The topological polar surface area (TPSA) is 43.8 Å². The SMILES string of the molecule is Cc1ncn(-c2ccc(CN)cc2Br)c1C. The van der Waals surface area contributed by atoms with Crippen LogP contribution in [-0.4, -0.2) is 9.55 Å². The molecule has 16 heavy (non-hydrogen) atoms. The van der Waals surface area contributed by atoms with Crippen LogP contribution in [-0.2, 0) is 6.54 Å². The van der Waals surface area contributed by atoms with Crippen LogP contribution in [0, 0.1) is 13.8 Å². The highest BCUT2D eigenvalue weighted by Crippen LogP contribution is 2.24. The smallest absolute Gasteiger partial charge is 0.0997 e. The second-order valence-electron chi connectivity index (χ2n) is 3.78. The molecule has 1 heterocycles. The van der Waals surface area contributed by atoms with E-state index in [0.717, 1.165) is 27.1 Å².